The molecule has 154 valence electrons. The van der Waals surface area contributed by atoms with E-state index in [4.69, 9.17) is 0 Å². The molecule has 8 nitrogen and oxygen atoms in total. The standard InChI is InChI=1S/C22H23N5O3/c28-20-17(21(29)26(22(30)25-20)15-16-8-2-1-3-9-16)14-24-27-13-7-5-11-19(27)18-10-4-6-12-23-18/h1-4,6,8-10,12,14,19,29H,5,7,11,13,15H2,(H,25,28,30)/t19-/m1/s1. The van der Waals surface area contributed by atoms with Crippen LogP contribution in [0, 0.1) is 0 Å². The summed E-state index contributed by atoms with van der Waals surface area (Å²) >= 11 is 0. The Kier molecular flexibility index (Phi) is 5.74. The Bertz CT molecular complexity index is 1140. The van der Waals surface area contributed by atoms with E-state index in [1.807, 2.05) is 53.5 Å². The third-order valence-corrected chi connectivity index (χ3v) is 5.23. The fourth-order valence-electron chi connectivity index (χ4n) is 3.66. The second kappa shape index (κ2) is 8.77. The Morgan fingerprint density at radius 3 is 2.70 bits per heavy atom. The van der Waals surface area contributed by atoms with Gasteiger partial charge in [0.1, 0.15) is 5.56 Å². The van der Waals surface area contributed by atoms with Crippen LogP contribution < -0.4 is 11.2 Å². The molecule has 1 saturated heterocycles. The van der Waals surface area contributed by atoms with Gasteiger partial charge in [0.05, 0.1) is 24.5 Å². The number of aromatic hydroxyl groups is 1. The van der Waals surface area contributed by atoms with Crippen molar-refractivity contribution >= 4 is 6.21 Å². The van der Waals surface area contributed by atoms with Gasteiger partial charge in [0.2, 0.25) is 5.88 Å². The molecule has 3 heterocycles. The van der Waals surface area contributed by atoms with Crippen LogP contribution in [0.15, 0.2) is 69.4 Å². The second-order valence-corrected chi connectivity index (χ2v) is 7.24. The number of nitrogens with one attached hydrogen (secondary N) is 1. The van der Waals surface area contributed by atoms with E-state index >= 15 is 0 Å². The van der Waals surface area contributed by atoms with E-state index in [-0.39, 0.29) is 18.2 Å². The monoisotopic (exact) mass is 405 g/mol. The van der Waals surface area contributed by atoms with Gasteiger partial charge >= 0.3 is 5.69 Å². The molecule has 2 aromatic heterocycles. The summed E-state index contributed by atoms with van der Waals surface area (Å²) in [6.07, 6.45) is 6.04. The lowest BCUT2D eigenvalue weighted by Crippen LogP contribution is -2.33. The summed E-state index contributed by atoms with van der Waals surface area (Å²) in [5.41, 5.74) is 0.369. The lowest BCUT2D eigenvalue weighted by Gasteiger charge is -2.32. The summed E-state index contributed by atoms with van der Waals surface area (Å²) in [7, 11) is 0. The van der Waals surface area contributed by atoms with Gasteiger partial charge in [0.15, 0.2) is 0 Å². The highest BCUT2D eigenvalue weighted by molar-refractivity contribution is 5.81. The van der Waals surface area contributed by atoms with Gasteiger partial charge < -0.3 is 5.11 Å². The van der Waals surface area contributed by atoms with Crippen LogP contribution in [0.1, 0.15) is 42.1 Å². The number of hydrogen-bond donors (Lipinski definition) is 2. The number of nitrogens with zero attached hydrogens (tertiary/aromatic N) is 4. The number of hydrogen-bond acceptors (Lipinski definition) is 6. The lowest BCUT2D eigenvalue weighted by molar-refractivity contribution is 0.153. The maximum atomic E-state index is 12.3. The summed E-state index contributed by atoms with van der Waals surface area (Å²) in [5, 5.41) is 17.0. The Morgan fingerprint density at radius 1 is 1.13 bits per heavy atom. The smallest absolute Gasteiger partial charge is 0.331 e. The zero-order valence-electron chi connectivity index (χ0n) is 16.4. The third kappa shape index (κ3) is 4.17. The van der Waals surface area contributed by atoms with E-state index in [0.29, 0.717) is 0 Å². The molecule has 4 rings (SSSR count). The van der Waals surface area contributed by atoms with Gasteiger partial charge in [0.25, 0.3) is 5.56 Å². The molecule has 30 heavy (non-hydrogen) atoms. The molecule has 1 aromatic carbocycles. The first-order valence-electron chi connectivity index (χ1n) is 9.95. The summed E-state index contributed by atoms with van der Waals surface area (Å²) in [6.45, 7) is 0.865. The first kappa shape index (κ1) is 19.6. The molecule has 3 aromatic rings. The summed E-state index contributed by atoms with van der Waals surface area (Å²) < 4.78 is 1.13. The van der Waals surface area contributed by atoms with Crippen molar-refractivity contribution in [1.82, 2.24) is 19.5 Å². The molecule has 0 bridgehead atoms. The quantitative estimate of drug-likeness (QED) is 0.634. The largest absolute Gasteiger partial charge is 0.494 e. The summed E-state index contributed by atoms with van der Waals surface area (Å²) in [4.78, 5) is 31.3. The van der Waals surface area contributed by atoms with Gasteiger partial charge in [0, 0.05) is 12.7 Å². The molecule has 1 aliphatic heterocycles. The second-order valence-electron chi connectivity index (χ2n) is 7.24. The van der Waals surface area contributed by atoms with E-state index in [1.54, 1.807) is 6.20 Å². The first-order chi connectivity index (χ1) is 14.6. The van der Waals surface area contributed by atoms with Crippen LogP contribution in [0.3, 0.4) is 0 Å². The molecular formula is C22H23N5O3. The van der Waals surface area contributed by atoms with Gasteiger partial charge in [-0.05, 0) is 37.0 Å². The topological polar surface area (TPSA) is 104 Å². The third-order valence-electron chi connectivity index (χ3n) is 5.23. The molecule has 0 radical (unpaired) electrons. The molecule has 0 amide bonds. The number of aromatic amines is 1. The molecule has 1 aliphatic rings. The van der Waals surface area contributed by atoms with Crippen molar-refractivity contribution in [3.63, 3.8) is 0 Å². The number of H-pyrrole nitrogens is 1. The number of rotatable bonds is 5. The Hall–Kier alpha value is -3.68. The average molecular weight is 405 g/mol. The van der Waals surface area contributed by atoms with Crippen LogP contribution in [-0.4, -0.2) is 37.4 Å². The predicted octanol–water partition coefficient (Wildman–Crippen LogP) is 2.25. The van der Waals surface area contributed by atoms with Gasteiger partial charge in [-0.2, -0.15) is 5.10 Å². The number of aromatic nitrogens is 3. The lowest BCUT2D eigenvalue weighted by atomic mass is 10.0. The number of hydrazone groups is 1. The molecule has 0 unspecified atom stereocenters. The molecule has 0 saturated carbocycles. The minimum absolute atomic E-state index is 0.00708. The van der Waals surface area contributed by atoms with Crippen LogP contribution in [0.25, 0.3) is 0 Å². The van der Waals surface area contributed by atoms with Crippen molar-refractivity contribution in [2.24, 2.45) is 5.10 Å². The zero-order chi connectivity index (χ0) is 20.9. The molecule has 1 atom stereocenters. The summed E-state index contributed by atoms with van der Waals surface area (Å²) in [6, 6.07) is 15.0. The van der Waals surface area contributed by atoms with Crippen LogP contribution in [0.2, 0.25) is 0 Å². The van der Waals surface area contributed by atoms with Gasteiger partial charge in [-0.3, -0.25) is 24.3 Å². The van der Waals surface area contributed by atoms with Crippen molar-refractivity contribution in [3.8, 4) is 5.88 Å². The van der Waals surface area contributed by atoms with E-state index in [1.165, 1.54) is 6.21 Å². The van der Waals surface area contributed by atoms with Crippen molar-refractivity contribution in [2.45, 2.75) is 31.8 Å². The highest BCUT2D eigenvalue weighted by Crippen LogP contribution is 2.29. The zero-order valence-corrected chi connectivity index (χ0v) is 16.4. The number of piperidine rings is 1. The predicted molar refractivity (Wildman–Crippen MR) is 114 cm³/mol. The molecular weight excluding hydrogens is 382 g/mol. The van der Waals surface area contributed by atoms with Crippen molar-refractivity contribution in [2.75, 3.05) is 6.54 Å². The highest BCUT2D eigenvalue weighted by Gasteiger charge is 2.24. The Labute approximate surface area is 173 Å². The van der Waals surface area contributed by atoms with Crippen LogP contribution in [0.5, 0.6) is 5.88 Å². The summed E-state index contributed by atoms with van der Waals surface area (Å²) in [5.74, 6) is -0.400. The normalized spacial score (nSPS) is 16.8. The van der Waals surface area contributed by atoms with Gasteiger partial charge in [-0.15, -0.1) is 0 Å². The van der Waals surface area contributed by atoms with Gasteiger partial charge in [-0.1, -0.05) is 36.4 Å². The molecule has 1 fully saturated rings. The SMILES string of the molecule is O=c1[nH]c(=O)n(Cc2ccccc2)c(O)c1C=NN1CCCC[C@@H]1c1ccccn1. The van der Waals surface area contributed by atoms with E-state index in [2.05, 4.69) is 15.1 Å². The van der Waals surface area contributed by atoms with E-state index in [9.17, 15) is 14.7 Å². The first-order valence-corrected chi connectivity index (χ1v) is 9.95. The molecule has 0 aliphatic carbocycles. The van der Waals surface area contributed by atoms with Crippen molar-refractivity contribution in [1.29, 1.82) is 0 Å². The van der Waals surface area contributed by atoms with Crippen LogP contribution in [0.4, 0.5) is 0 Å². The van der Waals surface area contributed by atoms with E-state index in [0.717, 1.165) is 41.6 Å². The highest BCUT2D eigenvalue weighted by atomic mass is 16.3. The molecule has 2 N–H and O–H groups in total. The Morgan fingerprint density at radius 2 is 1.93 bits per heavy atom. The minimum atomic E-state index is -0.669. The average Bonchev–Trinajstić information content (AvgIpc) is 2.78. The van der Waals surface area contributed by atoms with Gasteiger partial charge in [-0.25, -0.2) is 4.79 Å². The minimum Gasteiger partial charge on any atom is -0.494 e. The number of benzene rings is 1. The van der Waals surface area contributed by atoms with Crippen molar-refractivity contribution < 1.29 is 5.11 Å². The number of pyridine rings is 1. The maximum absolute atomic E-state index is 12.3. The Balaban J connectivity index is 1.65. The van der Waals surface area contributed by atoms with Crippen LogP contribution >= 0.6 is 0 Å². The molecule has 0 spiro atoms. The van der Waals surface area contributed by atoms with E-state index < -0.39 is 17.1 Å². The fourth-order valence-corrected chi connectivity index (χ4v) is 3.66. The maximum Gasteiger partial charge on any atom is 0.331 e. The molecule has 8 heteroatoms. The van der Waals surface area contributed by atoms with Crippen LogP contribution in [-0.2, 0) is 6.54 Å². The van der Waals surface area contributed by atoms with Crippen molar-refractivity contribution in [3.05, 3.63) is 92.4 Å². The fraction of sp³-hybridized carbons (Fsp3) is 0.273.